The van der Waals surface area contributed by atoms with E-state index in [0.29, 0.717) is 0 Å². The summed E-state index contributed by atoms with van der Waals surface area (Å²) in [6, 6.07) is 8.06. The number of rotatable bonds is 6. The van der Waals surface area contributed by atoms with Crippen LogP contribution in [-0.4, -0.2) is 43.4 Å². The number of benzene rings is 1. The zero-order valence-electron chi connectivity index (χ0n) is 13.8. The number of nitrogens with zero attached hydrogens (tertiary/aromatic N) is 3. The number of aromatic nitrogens is 2. The first-order valence-corrected chi connectivity index (χ1v) is 7.82. The molecule has 3 rings (SSSR count). The van der Waals surface area contributed by atoms with Gasteiger partial charge in [-0.05, 0) is 17.7 Å². The molecule has 7 heteroatoms. The highest BCUT2D eigenvalue weighted by molar-refractivity contribution is 5.85. The maximum absolute atomic E-state index is 5.34. The van der Waals surface area contributed by atoms with E-state index in [0.717, 1.165) is 56.7 Å². The molecule has 2 heterocycles. The zero-order valence-corrected chi connectivity index (χ0v) is 14.6. The fourth-order valence-electron chi connectivity index (χ4n) is 2.46. The Kier molecular flexibility index (Phi) is 7.24. The number of anilines is 1. The zero-order chi connectivity index (χ0) is 15.9. The lowest BCUT2D eigenvalue weighted by molar-refractivity contribution is 0.122. The Morgan fingerprint density at radius 1 is 1.04 bits per heavy atom. The fourth-order valence-corrected chi connectivity index (χ4v) is 2.46. The van der Waals surface area contributed by atoms with Gasteiger partial charge in [0.25, 0.3) is 0 Å². The SMILES string of the molecule is COc1ccc(CNCc2cnc(N3CCOCC3)nc2)cc1.Cl. The van der Waals surface area contributed by atoms with Crippen molar-refractivity contribution in [3.63, 3.8) is 0 Å². The van der Waals surface area contributed by atoms with E-state index in [2.05, 4.69) is 32.3 Å². The van der Waals surface area contributed by atoms with Gasteiger partial charge in [-0.25, -0.2) is 9.97 Å². The smallest absolute Gasteiger partial charge is 0.225 e. The number of methoxy groups -OCH3 is 1. The van der Waals surface area contributed by atoms with Gasteiger partial charge >= 0.3 is 0 Å². The van der Waals surface area contributed by atoms with Gasteiger partial charge in [0.1, 0.15) is 5.75 Å². The van der Waals surface area contributed by atoms with Gasteiger partial charge in [-0.1, -0.05) is 12.1 Å². The molecule has 0 saturated carbocycles. The van der Waals surface area contributed by atoms with Crippen molar-refractivity contribution < 1.29 is 9.47 Å². The molecule has 1 fully saturated rings. The second-order valence-electron chi connectivity index (χ2n) is 5.44. The Hall–Kier alpha value is -1.89. The average Bonchev–Trinajstić information content (AvgIpc) is 2.64. The highest BCUT2D eigenvalue weighted by Gasteiger charge is 2.13. The molecule has 0 aliphatic carbocycles. The summed E-state index contributed by atoms with van der Waals surface area (Å²) in [4.78, 5) is 11.1. The Bertz CT molecular complexity index is 601. The molecule has 1 saturated heterocycles. The van der Waals surface area contributed by atoms with Crippen LogP contribution in [0.4, 0.5) is 5.95 Å². The van der Waals surface area contributed by atoms with Crippen LogP contribution in [0.5, 0.6) is 5.75 Å². The monoisotopic (exact) mass is 350 g/mol. The predicted octanol–water partition coefficient (Wildman–Crippen LogP) is 2.03. The molecule has 0 radical (unpaired) electrons. The summed E-state index contributed by atoms with van der Waals surface area (Å²) in [5, 5.41) is 3.40. The molecule has 0 spiro atoms. The Morgan fingerprint density at radius 3 is 2.29 bits per heavy atom. The van der Waals surface area contributed by atoms with Crippen LogP contribution in [0.3, 0.4) is 0 Å². The summed E-state index contributed by atoms with van der Waals surface area (Å²) < 4.78 is 10.5. The van der Waals surface area contributed by atoms with Crippen molar-refractivity contribution >= 4 is 18.4 Å². The Labute approximate surface area is 148 Å². The number of morpholine rings is 1. The van der Waals surface area contributed by atoms with Gasteiger partial charge in [0.05, 0.1) is 20.3 Å². The van der Waals surface area contributed by atoms with Crippen molar-refractivity contribution in [2.75, 3.05) is 38.3 Å². The summed E-state index contributed by atoms with van der Waals surface area (Å²) in [6.45, 7) is 4.75. The quantitative estimate of drug-likeness (QED) is 0.860. The molecule has 0 unspecified atom stereocenters. The standard InChI is InChI=1S/C17H22N4O2.ClH/c1-22-16-4-2-14(3-5-16)10-18-11-15-12-19-17(20-13-15)21-6-8-23-9-7-21;/h2-5,12-13,18H,6-11H2,1H3;1H. The third kappa shape index (κ3) is 5.06. The molecular formula is C17H23ClN4O2. The summed E-state index contributed by atoms with van der Waals surface area (Å²) >= 11 is 0. The van der Waals surface area contributed by atoms with Crippen LogP contribution in [-0.2, 0) is 17.8 Å². The van der Waals surface area contributed by atoms with Crippen LogP contribution in [0.25, 0.3) is 0 Å². The second-order valence-corrected chi connectivity index (χ2v) is 5.44. The van der Waals surface area contributed by atoms with Gasteiger partial charge in [0.15, 0.2) is 0 Å². The highest BCUT2D eigenvalue weighted by atomic mass is 35.5. The fraction of sp³-hybridized carbons (Fsp3) is 0.412. The lowest BCUT2D eigenvalue weighted by Crippen LogP contribution is -2.37. The first-order valence-electron chi connectivity index (χ1n) is 7.82. The van der Waals surface area contributed by atoms with Crippen LogP contribution in [0.1, 0.15) is 11.1 Å². The lowest BCUT2D eigenvalue weighted by Gasteiger charge is -2.26. The first kappa shape index (κ1) is 18.4. The van der Waals surface area contributed by atoms with Crippen LogP contribution in [0.15, 0.2) is 36.7 Å². The number of nitrogens with one attached hydrogen (secondary N) is 1. The third-order valence-electron chi connectivity index (χ3n) is 3.80. The third-order valence-corrected chi connectivity index (χ3v) is 3.80. The molecule has 1 aromatic heterocycles. The van der Waals surface area contributed by atoms with Crippen molar-refractivity contribution in [2.24, 2.45) is 0 Å². The molecule has 2 aromatic rings. The molecule has 1 aliphatic rings. The van der Waals surface area contributed by atoms with Crippen LogP contribution in [0, 0.1) is 0 Å². The summed E-state index contributed by atoms with van der Waals surface area (Å²) in [6.07, 6.45) is 3.78. The minimum absolute atomic E-state index is 0. The summed E-state index contributed by atoms with van der Waals surface area (Å²) in [5.41, 5.74) is 2.30. The molecule has 1 aromatic carbocycles. The van der Waals surface area contributed by atoms with Gasteiger partial charge in [0.2, 0.25) is 5.95 Å². The lowest BCUT2D eigenvalue weighted by atomic mass is 10.2. The largest absolute Gasteiger partial charge is 0.497 e. The molecule has 0 bridgehead atoms. The molecule has 0 amide bonds. The normalized spacial score (nSPS) is 14.1. The predicted molar refractivity (Wildman–Crippen MR) is 95.8 cm³/mol. The maximum Gasteiger partial charge on any atom is 0.225 e. The van der Waals surface area contributed by atoms with E-state index in [1.165, 1.54) is 5.56 Å². The van der Waals surface area contributed by atoms with E-state index < -0.39 is 0 Å². The van der Waals surface area contributed by atoms with Crippen molar-refractivity contribution in [3.8, 4) is 5.75 Å². The molecule has 24 heavy (non-hydrogen) atoms. The van der Waals surface area contributed by atoms with Crippen LogP contribution >= 0.6 is 12.4 Å². The molecule has 6 nitrogen and oxygen atoms in total. The molecule has 1 aliphatic heterocycles. The summed E-state index contributed by atoms with van der Waals surface area (Å²) in [5.74, 6) is 1.66. The van der Waals surface area contributed by atoms with Crippen molar-refractivity contribution in [3.05, 3.63) is 47.8 Å². The first-order chi connectivity index (χ1) is 11.3. The minimum atomic E-state index is 0. The van der Waals surface area contributed by atoms with Gasteiger partial charge in [-0.3, -0.25) is 0 Å². The topological polar surface area (TPSA) is 59.5 Å². The van der Waals surface area contributed by atoms with Gasteiger partial charge in [0, 0.05) is 44.1 Å². The van der Waals surface area contributed by atoms with Gasteiger partial charge < -0.3 is 19.7 Å². The van der Waals surface area contributed by atoms with Crippen LogP contribution in [0.2, 0.25) is 0 Å². The Balaban J connectivity index is 0.00000208. The highest BCUT2D eigenvalue weighted by Crippen LogP contribution is 2.12. The van der Waals surface area contributed by atoms with E-state index in [1.807, 2.05) is 24.5 Å². The Morgan fingerprint density at radius 2 is 1.67 bits per heavy atom. The molecular weight excluding hydrogens is 328 g/mol. The van der Waals surface area contributed by atoms with Crippen molar-refractivity contribution in [2.45, 2.75) is 13.1 Å². The van der Waals surface area contributed by atoms with Gasteiger partial charge in [-0.15, -0.1) is 12.4 Å². The van der Waals surface area contributed by atoms with Crippen molar-refractivity contribution in [1.82, 2.24) is 15.3 Å². The van der Waals surface area contributed by atoms with Gasteiger partial charge in [-0.2, -0.15) is 0 Å². The van der Waals surface area contributed by atoms with E-state index in [-0.39, 0.29) is 12.4 Å². The second kappa shape index (κ2) is 9.42. The summed E-state index contributed by atoms with van der Waals surface area (Å²) in [7, 11) is 1.67. The van der Waals surface area contributed by atoms with E-state index in [1.54, 1.807) is 7.11 Å². The molecule has 0 atom stereocenters. The van der Waals surface area contributed by atoms with Crippen LogP contribution < -0.4 is 15.0 Å². The average molecular weight is 351 g/mol. The molecule has 1 N–H and O–H groups in total. The maximum atomic E-state index is 5.34. The van der Waals surface area contributed by atoms with E-state index >= 15 is 0 Å². The van der Waals surface area contributed by atoms with E-state index in [9.17, 15) is 0 Å². The number of halogens is 1. The number of ether oxygens (including phenoxy) is 2. The molecule has 130 valence electrons. The number of hydrogen-bond acceptors (Lipinski definition) is 6. The van der Waals surface area contributed by atoms with Crippen molar-refractivity contribution in [1.29, 1.82) is 0 Å². The minimum Gasteiger partial charge on any atom is -0.497 e. The van der Waals surface area contributed by atoms with E-state index in [4.69, 9.17) is 9.47 Å². The number of hydrogen-bond donors (Lipinski definition) is 1.